The zero-order valence-electron chi connectivity index (χ0n) is 21.1. The zero-order valence-corrected chi connectivity index (χ0v) is 23.4. The molecule has 0 radical (unpaired) electrons. The normalized spacial score (nSPS) is 18.6. The second kappa shape index (κ2) is 8.92. The molecule has 0 aliphatic carbocycles. The van der Waals surface area contributed by atoms with Gasteiger partial charge in [-0.3, -0.25) is 9.05 Å². The summed E-state index contributed by atoms with van der Waals surface area (Å²) in [5.41, 5.74) is -0.192. The molecule has 6 nitrogen and oxygen atoms in total. The van der Waals surface area contributed by atoms with Crippen molar-refractivity contribution in [3.05, 3.63) is 29.3 Å². The third-order valence-electron chi connectivity index (χ3n) is 4.20. The molecule has 1 aliphatic heterocycles. The van der Waals surface area contributed by atoms with Crippen molar-refractivity contribution < 1.29 is 27.3 Å². The Morgan fingerprint density at radius 1 is 0.935 bits per heavy atom. The molecule has 0 aromatic heterocycles. The summed E-state index contributed by atoms with van der Waals surface area (Å²) < 4.78 is 43.4. The van der Waals surface area contributed by atoms with E-state index in [-0.39, 0.29) is 11.1 Å². The van der Waals surface area contributed by atoms with Crippen molar-refractivity contribution in [2.75, 3.05) is 6.61 Å². The van der Waals surface area contributed by atoms with Gasteiger partial charge in [-0.25, -0.2) is 4.57 Å². The lowest BCUT2D eigenvalue weighted by Crippen LogP contribution is -2.29. The van der Waals surface area contributed by atoms with E-state index in [1.807, 2.05) is 73.6 Å². The Labute approximate surface area is 190 Å². The van der Waals surface area contributed by atoms with Gasteiger partial charge in [0.15, 0.2) is 9.76 Å². The Hall–Kier alpha value is -0.693. The predicted molar refractivity (Wildman–Crippen MR) is 127 cm³/mol. The fourth-order valence-corrected chi connectivity index (χ4v) is 5.66. The molecule has 8 heteroatoms. The topological polar surface area (TPSA) is 66.5 Å². The molecule has 1 fully saturated rings. The smallest absolute Gasteiger partial charge is 0.414 e. The molecule has 0 spiro atoms. The number of benzene rings is 1. The Kier molecular flexibility index (Phi) is 7.64. The van der Waals surface area contributed by atoms with Crippen molar-refractivity contribution in [3.63, 3.8) is 0 Å². The molecule has 31 heavy (non-hydrogen) atoms. The maximum absolute atomic E-state index is 13.7. The van der Waals surface area contributed by atoms with E-state index in [2.05, 4.69) is 20.8 Å². The van der Waals surface area contributed by atoms with Crippen LogP contribution in [-0.4, -0.2) is 27.6 Å². The molecule has 0 amide bonds. The molecule has 1 aromatic carbocycles. The van der Waals surface area contributed by atoms with Crippen molar-refractivity contribution in [2.24, 2.45) is 0 Å². The van der Waals surface area contributed by atoms with Crippen LogP contribution in [0.25, 0.3) is 0 Å². The van der Waals surface area contributed by atoms with Crippen LogP contribution in [0.15, 0.2) is 18.2 Å². The summed E-state index contributed by atoms with van der Waals surface area (Å²) >= 11 is 0. The van der Waals surface area contributed by atoms with Gasteiger partial charge >= 0.3 is 7.82 Å². The van der Waals surface area contributed by atoms with E-state index < -0.39 is 34.4 Å². The van der Waals surface area contributed by atoms with Gasteiger partial charge < -0.3 is 13.7 Å². The Morgan fingerprint density at radius 2 is 1.45 bits per heavy atom. The molecule has 2 rings (SSSR count). The van der Waals surface area contributed by atoms with Crippen LogP contribution in [0.5, 0.6) is 5.75 Å². The van der Waals surface area contributed by atoms with Gasteiger partial charge in [-0.1, -0.05) is 26.8 Å². The SMILES string of the molecule is CC(C)(C)OP(=O)(Oc1ccc(C2CO2)cc1C(C)(C)O[SiH2]C(C)(C)C)OC(C)(C)C. The van der Waals surface area contributed by atoms with Crippen molar-refractivity contribution in [1.82, 2.24) is 0 Å². The Balaban J connectivity index is 2.46. The maximum atomic E-state index is 13.7. The first-order valence-corrected chi connectivity index (χ1v) is 13.6. The Bertz CT molecular complexity index is 793. The van der Waals surface area contributed by atoms with Gasteiger partial charge in [0.1, 0.15) is 11.9 Å². The number of hydrogen-bond acceptors (Lipinski definition) is 6. The van der Waals surface area contributed by atoms with Crippen LogP contribution in [0, 0.1) is 0 Å². The summed E-state index contributed by atoms with van der Waals surface area (Å²) in [7, 11) is -4.78. The summed E-state index contributed by atoms with van der Waals surface area (Å²) in [5.74, 6) is 0.439. The molecule has 1 heterocycles. The van der Waals surface area contributed by atoms with Gasteiger partial charge in [0.25, 0.3) is 0 Å². The molecule has 0 N–H and O–H groups in total. The summed E-state index contributed by atoms with van der Waals surface area (Å²) in [6.07, 6.45) is 0.0897. The molecule has 1 unspecified atom stereocenters. The minimum Gasteiger partial charge on any atom is -0.414 e. The lowest BCUT2D eigenvalue weighted by atomic mass is 9.95. The van der Waals surface area contributed by atoms with Crippen molar-refractivity contribution in [3.8, 4) is 5.75 Å². The lowest BCUT2D eigenvalue weighted by molar-refractivity contribution is 0.0215. The van der Waals surface area contributed by atoms with Crippen LogP contribution in [0.2, 0.25) is 5.04 Å². The van der Waals surface area contributed by atoms with E-state index in [1.165, 1.54) is 0 Å². The van der Waals surface area contributed by atoms with E-state index in [9.17, 15) is 4.57 Å². The highest BCUT2D eigenvalue weighted by Gasteiger charge is 2.41. The third-order valence-corrected chi connectivity index (χ3v) is 7.90. The number of epoxide rings is 1. The average Bonchev–Trinajstić information content (AvgIpc) is 3.33. The number of ether oxygens (including phenoxy) is 1. The van der Waals surface area contributed by atoms with Gasteiger partial charge in [0.05, 0.1) is 23.4 Å². The van der Waals surface area contributed by atoms with Crippen molar-refractivity contribution >= 4 is 17.6 Å². The number of phosphoric acid groups is 1. The number of rotatable bonds is 8. The van der Waals surface area contributed by atoms with E-state index in [0.717, 1.165) is 11.1 Å². The van der Waals surface area contributed by atoms with Gasteiger partial charge in [0.2, 0.25) is 0 Å². The fraction of sp³-hybridized carbons (Fsp3) is 0.739. The van der Waals surface area contributed by atoms with Crippen LogP contribution in [0.1, 0.15) is 93.4 Å². The van der Waals surface area contributed by atoms with E-state index in [1.54, 1.807) is 0 Å². The highest BCUT2D eigenvalue weighted by molar-refractivity contribution is 7.49. The molecule has 1 saturated heterocycles. The molecule has 1 atom stereocenters. The van der Waals surface area contributed by atoms with Crippen molar-refractivity contribution in [1.29, 1.82) is 0 Å². The molecule has 1 aliphatic rings. The van der Waals surface area contributed by atoms with E-state index in [0.29, 0.717) is 12.4 Å². The van der Waals surface area contributed by atoms with Crippen LogP contribution in [0.3, 0.4) is 0 Å². The van der Waals surface area contributed by atoms with Crippen LogP contribution < -0.4 is 4.52 Å². The summed E-state index contributed by atoms with van der Waals surface area (Å²) in [4.78, 5) is 0. The maximum Gasteiger partial charge on any atom is 0.531 e. The largest absolute Gasteiger partial charge is 0.531 e. The van der Waals surface area contributed by atoms with Crippen LogP contribution in [-0.2, 0) is 28.4 Å². The van der Waals surface area contributed by atoms with Gasteiger partial charge in [0, 0.05) is 5.56 Å². The van der Waals surface area contributed by atoms with Crippen LogP contribution in [0.4, 0.5) is 0 Å². The minimum absolute atomic E-state index is 0.0897. The molecule has 0 saturated carbocycles. The molecular weight excluding hydrogens is 431 g/mol. The summed E-state index contributed by atoms with van der Waals surface area (Å²) in [6, 6.07) is 5.79. The Morgan fingerprint density at radius 3 is 1.87 bits per heavy atom. The predicted octanol–water partition coefficient (Wildman–Crippen LogP) is 6.43. The second-order valence-electron chi connectivity index (χ2n) is 11.9. The van der Waals surface area contributed by atoms with Crippen molar-refractivity contribution in [2.45, 2.75) is 104 Å². The van der Waals surface area contributed by atoms with Gasteiger partial charge in [-0.05, 0) is 78.1 Å². The second-order valence-corrected chi connectivity index (χ2v) is 16.0. The lowest BCUT2D eigenvalue weighted by Gasteiger charge is -2.34. The molecule has 178 valence electrons. The minimum atomic E-state index is -3.93. The number of hydrogen-bond donors (Lipinski definition) is 0. The third kappa shape index (κ3) is 8.99. The molecular formula is C23H41O6PSi. The monoisotopic (exact) mass is 472 g/mol. The zero-order chi connectivity index (χ0) is 23.9. The van der Waals surface area contributed by atoms with Gasteiger partial charge in [-0.2, -0.15) is 0 Å². The molecule has 0 bridgehead atoms. The first-order chi connectivity index (χ1) is 13.8. The standard InChI is InChI=1S/C23H41O6PSi/c1-20(2,3)27-30(24,28-21(4,5)6)26-18-13-12-16(19-15-25-19)14-17(18)23(10,11)29-31-22(7,8)9/h12-14,19H,15,31H2,1-11H3. The van der Waals surface area contributed by atoms with E-state index >= 15 is 0 Å². The van der Waals surface area contributed by atoms with Crippen LogP contribution >= 0.6 is 7.82 Å². The quantitative estimate of drug-likeness (QED) is 0.247. The molecule has 1 aromatic rings. The summed E-state index contributed by atoms with van der Waals surface area (Å²) in [6.45, 7) is 22.2. The highest BCUT2D eigenvalue weighted by atomic mass is 31.2. The fourth-order valence-electron chi connectivity index (χ4n) is 2.86. The number of phosphoric ester groups is 1. The first-order valence-electron chi connectivity index (χ1n) is 10.9. The van der Waals surface area contributed by atoms with E-state index in [4.69, 9.17) is 22.7 Å². The summed E-state index contributed by atoms with van der Waals surface area (Å²) in [5, 5.41) is 0.134. The first kappa shape index (κ1) is 26.6. The highest BCUT2D eigenvalue weighted by Crippen LogP contribution is 2.56. The van der Waals surface area contributed by atoms with Gasteiger partial charge in [-0.15, -0.1) is 0 Å². The average molecular weight is 473 g/mol.